The van der Waals surface area contributed by atoms with Crippen LogP contribution in [0.25, 0.3) is 0 Å². The Morgan fingerprint density at radius 2 is 2.09 bits per heavy atom. The van der Waals surface area contributed by atoms with Crippen molar-refractivity contribution < 1.29 is 18.2 Å². The monoisotopic (exact) mass is 317 g/mol. The Morgan fingerprint density at radius 1 is 1.27 bits per heavy atom. The van der Waals surface area contributed by atoms with Crippen LogP contribution in [0, 0.1) is 0 Å². The van der Waals surface area contributed by atoms with Crippen LogP contribution in [0.3, 0.4) is 0 Å². The van der Waals surface area contributed by atoms with Crippen LogP contribution in [-0.4, -0.2) is 20.4 Å². The molecule has 0 unspecified atom stereocenters. The molecule has 0 saturated heterocycles. The maximum Gasteiger partial charge on any atom is 0.324 e. The van der Waals surface area contributed by atoms with Crippen LogP contribution >= 0.6 is 0 Å². The highest BCUT2D eigenvalue weighted by atomic mass is 32.2. The Bertz CT molecular complexity index is 807. The highest BCUT2D eigenvalue weighted by molar-refractivity contribution is 7.92. The number of nitrogens with one attached hydrogen (secondary N) is 1. The summed E-state index contributed by atoms with van der Waals surface area (Å²) in [5.41, 5.74) is 3.14. The summed E-state index contributed by atoms with van der Waals surface area (Å²) in [6.45, 7) is 2.27. The number of anilines is 1. The zero-order valence-electron chi connectivity index (χ0n) is 12.1. The molecule has 7 heteroatoms. The van der Waals surface area contributed by atoms with E-state index in [4.69, 9.17) is 9.76 Å². The molecule has 2 aromatic rings. The smallest absolute Gasteiger partial charge is 0.324 e. The van der Waals surface area contributed by atoms with Crippen LogP contribution in [-0.2, 0) is 27.9 Å². The molecule has 2 N–H and O–H groups in total. The van der Waals surface area contributed by atoms with E-state index in [1.807, 2.05) is 12.9 Å². The maximum absolute atomic E-state index is 12.4. The lowest BCUT2D eigenvalue weighted by atomic mass is 9.64. The minimum Gasteiger partial charge on any atom is -0.427 e. The van der Waals surface area contributed by atoms with Crippen molar-refractivity contribution in [1.82, 2.24) is 0 Å². The molecule has 1 aliphatic rings. The molecule has 0 saturated carbocycles. The van der Waals surface area contributed by atoms with Gasteiger partial charge in [0.25, 0.3) is 10.0 Å². The van der Waals surface area contributed by atoms with Crippen molar-refractivity contribution in [1.29, 1.82) is 0 Å². The van der Waals surface area contributed by atoms with Crippen LogP contribution in [0.15, 0.2) is 47.4 Å². The molecule has 5 nitrogen and oxygen atoms in total. The van der Waals surface area contributed by atoms with Gasteiger partial charge in [-0.25, -0.2) is 8.42 Å². The summed E-state index contributed by atoms with van der Waals surface area (Å²) in [4.78, 5) is 0.129. The second kappa shape index (κ2) is 5.76. The number of hydrogen-bond acceptors (Lipinski definition) is 4. The normalized spacial score (nSPS) is 14.0. The number of rotatable bonds is 4. The fraction of sp³-hybridized carbons (Fsp3) is 0.200. The minimum absolute atomic E-state index is 0.0304. The molecule has 0 aromatic heterocycles. The maximum atomic E-state index is 12.4. The highest BCUT2D eigenvalue weighted by Crippen LogP contribution is 2.19. The van der Waals surface area contributed by atoms with E-state index in [0.717, 1.165) is 11.0 Å². The Balaban J connectivity index is 1.90. The summed E-state index contributed by atoms with van der Waals surface area (Å²) < 4.78 is 32.9. The van der Waals surface area contributed by atoms with E-state index in [0.29, 0.717) is 17.9 Å². The molecule has 0 spiro atoms. The van der Waals surface area contributed by atoms with Gasteiger partial charge in [0.15, 0.2) is 0 Å². The molecule has 0 radical (unpaired) electrons. The van der Waals surface area contributed by atoms with Gasteiger partial charge in [-0.3, -0.25) is 4.72 Å². The highest BCUT2D eigenvalue weighted by Gasteiger charge is 2.24. The van der Waals surface area contributed by atoms with Gasteiger partial charge in [-0.05, 0) is 40.9 Å². The third kappa shape index (κ3) is 2.88. The summed E-state index contributed by atoms with van der Waals surface area (Å²) in [5, 5.41) is 9.12. The Hall–Kier alpha value is -1.83. The number of aliphatic hydroxyl groups excluding tert-OH is 1. The lowest BCUT2D eigenvalue weighted by Gasteiger charge is -2.10. The number of hydrogen-bond donors (Lipinski definition) is 2. The molecule has 22 heavy (non-hydrogen) atoms. The molecule has 0 bridgehead atoms. The van der Waals surface area contributed by atoms with Crippen LogP contribution < -0.4 is 10.2 Å². The van der Waals surface area contributed by atoms with Gasteiger partial charge < -0.3 is 9.76 Å². The summed E-state index contributed by atoms with van der Waals surface area (Å²) in [6.07, 6.45) is 0. The van der Waals surface area contributed by atoms with Crippen molar-refractivity contribution in [3.8, 4) is 0 Å². The fourth-order valence-electron chi connectivity index (χ4n) is 2.50. The second-order valence-corrected chi connectivity index (χ2v) is 6.96. The van der Waals surface area contributed by atoms with Crippen LogP contribution in [0.2, 0.25) is 6.82 Å². The first-order valence-electron chi connectivity index (χ1n) is 6.96. The third-order valence-corrected chi connectivity index (χ3v) is 5.10. The zero-order valence-corrected chi connectivity index (χ0v) is 12.9. The van der Waals surface area contributed by atoms with Gasteiger partial charge in [-0.1, -0.05) is 25.0 Å². The van der Waals surface area contributed by atoms with Crippen LogP contribution in [0.4, 0.5) is 5.69 Å². The number of sulfonamides is 1. The standard InChI is InChI=1S/C15H16BNO4S/c1-16-15-8-13(6-5-12(15)10-21-16)17-22(19,20)14-4-2-3-11(7-14)9-18/h2-8,17-18H,9-10H2,1H3. The Labute approximate surface area is 130 Å². The van der Waals surface area contributed by atoms with Gasteiger partial charge in [0.2, 0.25) is 0 Å². The zero-order chi connectivity index (χ0) is 15.7. The minimum atomic E-state index is -3.68. The lowest BCUT2D eigenvalue weighted by molar-refractivity contribution is 0.281. The van der Waals surface area contributed by atoms with Gasteiger partial charge in [0.05, 0.1) is 18.1 Å². The van der Waals surface area contributed by atoms with E-state index in [9.17, 15) is 8.42 Å². The molecule has 0 fully saturated rings. The molecule has 0 atom stereocenters. The van der Waals surface area contributed by atoms with Crippen molar-refractivity contribution in [2.24, 2.45) is 0 Å². The van der Waals surface area contributed by atoms with Gasteiger partial charge >= 0.3 is 6.92 Å². The number of aliphatic hydroxyl groups is 1. The average molecular weight is 317 g/mol. The van der Waals surface area contributed by atoms with Gasteiger partial charge in [-0.15, -0.1) is 0 Å². The molecule has 1 aliphatic heterocycles. The molecule has 2 aromatic carbocycles. The fourth-order valence-corrected chi connectivity index (χ4v) is 3.62. The largest absolute Gasteiger partial charge is 0.427 e. The molecular formula is C15H16BNO4S. The predicted octanol–water partition coefficient (Wildman–Crippen LogP) is 1.34. The second-order valence-electron chi connectivity index (χ2n) is 5.28. The van der Waals surface area contributed by atoms with E-state index < -0.39 is 10.0 Å². The number of benzene rings is 2. The van der Waals surface area contributed by atoms with E-state index in [2.05, 4.69) is 4.72 Å². The first-order valence-corrected chi connectivity index (χ1v) is 8.45. The van der Waals surface area contributed by atoms with Crippen LogP contribution in [0.1, 0.15) is 11.1 Å². The molecule has 0 amide bonds. The topological polar surface area (TPSA) is 75.6 Å². The Morgan fingerprint density at radius 3 is 2.86 bits per heavy atom. The van der Waals surface area contributed by atoms with Crippen molar-refractivity contribution in [3.63, 3.8) is 0 Å². The molecule has 0 aliphatic carbocycles. The van der Waals surface area contributed by atoms with Crippen molar-refractivity contribution in [2.45, 2.75) is 24.9 Å². The van der Waals surface area contributed by atoms with Gasteiger partial charge in [0.1, 0.15) is 0 Å². The van der Waals surface area contributed by atoms with Crippen molar-refractivity contribution in [3.05, 3.63) is 53.6 Å². The van der Waals surface area contributed by atoms with Gasteiger partial charge in [0, 0.05) is 5.69 Å². The first kappa shape index (κ1) is 15.1. The first-order chi connectivity index (χ1) is 10.5. The number of fused-ring (bicyclic) bond motifs is 1. The van der Waals surface area contributed by atoms with E-state index >= 15 is 0 Å². The van der Waals surface area contributed by atoms with Gasteiger partial charge in [-0.2, -0.15) is 0 Å². The van der Waals surface area contributed by atoms with E-state index in [1.165, 1.54) is 12.1 Å². The summed E-state index contributed by atoms with van der Waals surface area (Å²) in [7, 11) is -3.68. The summed E-state index contributed by atoms with van der Waals surface area (Å²) in [6, 6.07) is 11.7. The molecule has 3 rings (SSSR count). The predicted molar refractivity (Wildman–Crippen MR) is 85.7 cm³/mol. The van der Waals surface area contributed by atoms with E-state index in [-0.39, 0.29) is 18.4 Å². The molecule has 1 heterocycles. The van der Waals surface area contributed by atoms with Crippen molar-refractivity contribution >= 4 is 28.1 Å². The average Bonchev–Trinajstić information content (AvgIpc) is 2.88. The Kier molecular flexibility index (Phi) is 3.95. The quantitative estimate of drug-likeness (QED) is 0.835. The molecule has 114 valence electrons. The third-order valence-electron chi connectivity index (χ3n) is 3.72. The van der Waals surface area contributed by atoms with E-state index in [1.54, 1.807) is 24.3 Å². The lowest BCUT2D eigenvalue weighted by Crippen LogP contribution is -2.25. The summed E-state index contributed by atoms with van der Waals surface area (Å²) in [5.74, 6) is 0. The van der Waals surface area contributed by atoms with Crippen molar-refractivity contribution in [2.75, 3.05) is 4.72 Å². The van der Waals surface area contributed by atoms with Crippen LogP contribution in [0.5, 0.6) is 0 Å². The molecular weight excluding hydrogens is 301 g/mol. The SMILES string of the molecule is CB1OCc2ccc(NS(=O)(=O)c3cccc(CO)c3)cc21. The summed E-state index contributed by atoms with van der Waals surface area (Å²) >= 11 is 0.